The van der Waals surface area contributed by atoms with Crippen LogP contribution in [0.4, 0.5) is 0 Å². The Bertz CT molecular complexity index is 1490. The molecule has 0 radical (unpaired) electrons. The second kappa shape index (κ2) is 47.1. The van der Waals surface area contributed by atoms with E-state index in [1.165, 1.54) is 0 Å². The zero-order chi connectivity index (χ0) is 47.6. The van der Waals surface area contributed by atoms with Gasteiger partial charge in [0.2, 0.25) is 0 Å². The van der Waals surface area contributed by atoms with E-state index in [2.05, 4.69) is 148 Å². The van der Waals surface area contributed by atoms with Gasteiger partial charge >= 0.3 is 5.97 Å². The largest absolute Gasteiger partial charge is 0.756 e. The van der Waals surface area contributed by atoms with Crippen molar-refractivity contribution in [2.45, 2.75) is 161 Å². The van der Waals surface area contributed by atoms with Gasteiger partial charge in [-0.25, -0.2) is 0 Å². The zero-order valence-corrected chi connectivity index (χ0v) is 42.5. The van der Waals surface area contributed by atoms with Crippen LogP contribution in [0.5, 0.6) is 0 Å². The number of carbonyl (C=O) groups excluding carboxylic acids is 1. The molecule has 0 N–H and O–H groups in total. The number of esters is 1. The van der Waals surface area contributed by atoms with E-state index in [-0.39, 0.29) is 32.2 Å². The fraction of sp³-hybridized carbons (Fsp3) is 0.589. The van der Waals surface area contributed by atoms with Crippen LogP contribution in [0, 0.1) is 0 Å². The van der Waals surface area contributed by atoms with Gasteiger partial charge in [-0.3, -0.25) is 9.36 Å². The highest BCUT2D eigenvalue weighted by Crippen LogP contribution is 2.38. The number of nitrogens with zero attached hydrogens (tertiary/aromatic N) is 1. The topological polar surface area (TPSA) is 94.1 Å². The van der Waals surface area contributed by atoms with E-state index in [9.17, 15) is 14.3 Å². The first-order chi connectivity index (χ1) is 31.6. The lowest BCUT2D eigenvalue weighted by Crippen LogP contribution is -2.37. The number of rotatable bonds is 44. The van der Waals surface area contributed by atoms with Crippen LogP contribution in [0.3, 0.4) is 0 Å². The summed E-state index contributed by atoms with van der Waals surface area (Å²) in [6.07, 6.45) is 69.0. The third kappa shape index (κ3) is 51.5. The van der Waals surface area contributed by atoms with E-state index in [0.29, 0.717) is 24.1 Å². The molecule has 0 amide bonds. The van der Waals surface area contributed by atoms with E-state index in [4.69, 9.17) is 18.5 Å². The molecule has 0 aliphatic heterocycles. The van der Waals surface area contributed by atoms with E-state index >= 15 is 0 Å². The highest BCUT2D eigenvalue weighted by molar-refractivity contribution is 7.45. The number of unbranched alkanes of at least 4 members (excludes halogenated alkanes) is 8. The van der Waals surface area contributed by atoms with Crippen molar-refractivity contribution in [2.75, 3.05) is 54.1 Å². The molecular formula is C56H92NO7P. The fourth-order valence-electron chi connectivity index (χ4n) is 5.93. The summed E-state index contributed by atoms with van der Waals surface area (Å²) in [5.74, 6) is -0.374. The number of hydrogen-bond donors (Lipinski definition) is 0. The maximum atomic E-state index is 12.7. The van der Waals surface area contributed by atoms with E-state index < -0.39 is 13.9 Å². The van der Waals surface area contributed by atoms with Crippen molar-refractivity contribution in [1.29, 1.82) is 0 Å². The van der Waals surface area contributed by atoms with Crippen molar-refractivity contribution in [2.24, 2.45) is 0 Å². The summed E-state index contributed by atoms with van der Waals surface area (Å²) in [4.78, 5) is 25.2. The smallest absolute Gasteiger partial charge is 0.306 e. The number of ether oxygens (including phenoxy) is 2. The third-order valence-corrected chi connectivity index (χ3v) is 10.7. The van der Waals surface area contributed by atoms with Gasteiger partial charge in [0.05, 0.1) is 34.4 Å². The molecule has 2 unspecified atom stereocenters. The van der Waals surface area contributed by atoms with Crippen molar-refractivity contribution in [1.82, 2.24) is 0 Å². The van der Waals surface area contributed by atoms with Crippen molar-refractivity contribution in [3.05, 3.63) is 134 Å². The second-order valence-electron chi connectivity index (χ2n) is 17.1. The number of likely N-dealkylation sites (N-methyl/N-ethyl adjacent to an activating group) is 1. The van der Waals surface area contributed by atoms with Crippen LogP contribution >= 0.6 is 7.82 Å². The van der Waals surface area contributed by atoms with Crippen molar-refractivity contribution < 1.29 is 37.3 Å². The number of hydrogen-bond acceptors (Lipinski definition) is 7. The molecule has 2 atom stereocenters. The molecule has 0 rings (SSSR count). The first kappa shape index (κ1) is 61.6. The standard InChI is InChI=1S/C56H92NO7P/c1-6-8-10-12-14-16-18-20-22-24-26-28-29-30-31-33-35-37-39-41-43-45-47-49-56(58)64-55(54-63-65(59,60)62-52-50-57(3,4)5)53-61-51-48-46-44-42-40-38-36-34-32-27-25-23-21-19-17-15-13-11-9-7-2/h8-11,14-17,20-23,26-28,30-32,35-38,55H,6-7,12-13,18-19,24-25,29,33-34,39-54H2,1-5H3/b10-8-,11-9-,16-14-,17-15-,22-20-,23-21-,28-26-,31-30-,32-27-,37-35-,38-36-. The van der Waals surface area contributed by atoms with Crippen LogP contribution in [-0.2, 0) is 27.9 Å². The molecule has 0 saturated carbocycles. The SMILES string of the molecule is CC/C=C\C/C=C\C/C=C\C/C=C\C/C=C\C/C=C\CCCCCCC(=O)OC(COCCCCCC/C=C\C/C=C\C/C=C\C/C=C\C/C=C\CC)COP(=O)([O-])OCC[N+](C)(C)C. The maximum Gasteiger partial charge on any atom is 0.306 e. The quantitative estimate of drug-likeness (QED) is 0.0197. The Morgan fingerprint density at radius 1 is 0.477 bits per heavy atom. The van der Waals surface area contributed by atoms with Crippen LogP contribution < -0.4 is 4.89 Å². The van der Waals surface area contributed by atoms with Gasteiger partial charge in [-0.1, -0.05) is 173 Å². The summed E-state index contributed by atoms with van der Waals surface area (Å²) < 4.78 is 34.7. The first-order valence-corrected chi connectivity index (χ1v) is 26.4. The number of phosphoric ester groups is 1. The summed E-state index contributed by atoms with van der Waals surface area (Å²) in [6.45, 7) is 5.04. The molecule has 65 heavy (non-hydrogen) atoms. The molecule has 0 heterocycles. The number of quaternary nitrogens is 1. The predicted molar refractivity (Wildman–Crippen MR) is 277 cm³/mol. The number of allylic oxidation sites excluding steroid dienone is 22. The van der Waals surface area contributed by atoms with Crippen LogP contribution in [-0.4, -0.2) is 70.7 Å². The van der Waals surface area contributed by atoms with Gasteiger partial charge in [-0.05, 0) is 109 Å². The highest BCUT2D eigenvalue weighted by atomic mass is 31.2. The summed E-state index contributed by atoms with van der Waals surface area (Å²) in [6, 6.07) is 0. The predicted octanol–water partition coefficient (Wildman–Crippen LogP) is 14.9. The average Bonchev–Trinajstić information content (AvgIpc) is 3.27. The molecular weight excluding hydrogens is 830 g/mol. The second-order valence-corrected chi connectivity index (χ2v) is 18.5. The molecule has 0 bridgehead atoms. The first-order valence-electron chi connectivity index (χ1n) is 24.9. The Balaban J connectivity index is 4.33. The van der Waals surface area contributed by atoms with Crippen LogP contribution in [0.25, 0.3) is 0 Å². The molecule has 0 fully saturated rings. The van der Waals surface area contributed by atoms with Gasteiger partial charge in [0.15, 0.2) is 0 Å². The lowest BCUT2D eigenvalue weighted by Gasteiger charge is -2.28. The molecule has 0 aromatic carbocycles. The normalized spacial score (nSPS) is 14.7. The van der Waals surface area contributed by atoms with Gasteiger partial charge in [-0.15, -0.1) is 0 Å². The molecule has 0 aromatic heterocycles. The summed E-state index contributed by atoms with van der Waals surface area (Å²) >= 11 is 0. The van der Waals surface area contributed by atoms with Gasteiger partial charge < -0.3 is 27.9 Å². The zero-order valence-electron chi connectivity index (χ0n) is 41.6. The van der Waals surface area contributed by atoms with Crippen molar-refractivity contribution in [3.63, 3.8) is 0 Å². The average molecular weight is 922 g/mol. The molecule has 368 valence electrons. The minimum Gasteiger partial charge on any atom is -0.756 e. The number of phosphoric acid groups is 1. The fourth-order valence-corrected chi connectivity index (χ4v) is 6.66. The van der Waals surface area contributed by atoms with Gasteiger partial charge in [0.1, 0.15) is 19.3 Å². The Labute approximate surface area is 398 Å². The summed E-state index contributed by atoms with van der Waals surface area (Å²) in [5, 5.41) is 0. The summed E-state index contributed by atoms with van der Waals surface area (Å²) in [7, 11) is 1.29. The maximum absolute atomic E-state index is 12.7. The Morgan fingerprint density at radius 3 is 1.25 bits per heavy atom. The van der Waals surface area contributed by atoms with Gasteiger partial charge in [0, 0.05) is 13.0 Å². The molecule has 0 aliphatic carbocycles. The third-order valence-electron chi connectivity index (χ3n) is 9.70. The van der Waals surface area contributed by atoms with Crippen molar-refractivity contribution >= 4 is 13.8 Å². The molecule has 0 spiro atoms. The molecule has 0 saturated heterocycles. The van der Waals surface area contributed by atoms with E-state index in [1.54, 1.807) is 0 Å². The Morgan fingerprint density at radius 2 is 0.846 bits per heavy atom. The Kier molecular flexibility index (Phi) is 44.7. The van der Waals surface area contributed by atoms with Crippen LogP contribution in [0.15, 0.2) is 134 Å². The minimum atomic E-state index is -4.56. The Hall–Kier alpha value is -3.36. The van der Waals surface area contributed by atoms with E-state index in [0.717, 1.165) is 128 Å². The summed E-state index contributed by atoms with van der Waals surface area (Å²) in [5.41, 5.74) is 0. The highest BCUT2D eigenvalue weighted by Gasteiger charge is 2.20. The van der Waals surface area contributed by atoms with Gasteiger partial charge in [-0.2, -0.15) is 0 Å². The monoisotopic (exact) mass is 922 g/mol. The number of carbonyl (C=O) groups is 1. The van der Waals surface area contributed by atoms with Crippen LogP contribution in [0.2, 0.25) is 0 Å². The lowest BCUT2D eigenvalue weighted by atomic mass is 10.1. The van der Waals surface area contributed by atoms with Crippen LogP contribution in [0.1, 0.15) is 155 Å². The molecule has 0 aromatic rings. The molecule has 0 aliphatic rings. The van der Waals surface area contributed by atoms with Crippen molar-refractivity contribution in [3.8, 4) is 0 Å². The van der Waals surface area contributed by atoms with E-state index in [1.807, 2.05) is 21.1 Å². The molecule has 8 nitrogen and oxygen atoms in total. The van der Waals surface area contributed by atoms with Gasteiger partial charge in [0.25, 0.3) is 7.82 Å². The molecule has 9 heteroatoms. The minimum absolute atomic E-state index is 0.00635. The lowest BCUT2D eigenvalue weighted by molar-refractivity contribution is -0.870.